The minimum absolute atomic E-state index is 0.818. The predicted octanol–water partition coefficient (Wildman–Crippen LogP) is 1.87. The molecule has 15 heavy (non-hydrogen) atoms. The van der Waals surface area contributed by atoms with E-state index in [0.29, 0.717) is 0 Å². The van der Waals surface area contributed by atoms with Crippen molar-refractivity contribution in [3.63, 3.8) is 0 Å². The summed E-state index contributed by atoms with van der Waals surface area (Å²) in [7, 11) is 0. The summed E-state index contributed by atoms with van der Waals surface area (Å²) in [6.07, 6.45) is 7.00. The van der Waals surface area contributed by atoms with Crippen LogP contribution in [-0.2, 0) is 6.54 Å². The average molecular weight is 208 g/mol. The third-order valence-corrected chi connectivity index (χ3v) is 3.04. The molecule has 4 heteroatoms. The minimum Gasteiger partial charge on any atom is -0.394 e. The molecule has 2 N–H and O–H groups in total. The second-order valence-corrected chi connectivity index (χ2v) is 4.14. The van der Waals surface area contributed by atoms with E-state index in [4.69, 9.17) is 5.73 Å². The molecule has 0 bridgehead atoms. The topological polar surface area (TPSA) is 47.1 Å². The van der Waals surface area contributed by atoms with Crippen molar-refractivity contribution >= 4 is 11.5 Å². The first-order valence-corrected chi connectivity index (χ1v) is 5.89. The van der Waals surface area contributed by atoms with Gasteiger partial charge in [0.05, 0.1) is 11.9 Å². The summed E-state index contributed by atoms with van der Waals surface area (Å²) < 4.78 is 2.00. The van der Waals surface area contributed by atoms with Gasteiger partial charge in [0.2, 0.25) is 0 Å². The predicted molar refractivity (Wildman–Crippen MR) is 63.0 cm³/mol. The molecular weight excluding hydrogens is 188 g/mol. The fourth-order valence-corrected chi connectivity index (χ4v) is 2.25. The van der Waals surface area contributed by atoms with Gasteiger partial charge in [0, 0.05) is 19.6 Å². The molecule has 0 spiro atoms. The molecule has 0 unspecified atom stereocenters. The molecule has 1 aliphatic heterocycles. The lowest BCUT2D eigenvalue weighted by molar-refractivity contribution is 0.633. The van der Waals surface area contributed by atoms with Crippen molar-refractivity contribution < 1.29 is 0 Å². The van der Waals surface area contributed by atoms with E-state index in [1.807, 2.05) is 4.68 Å². The zero-order chi connectivity index (χ0) is 10.7. The number of aromatic nitrogens is 2. The highest BCUT2D eigenvalue weighted by molar-refractivity contribution is 5.62. The zero-order valence-corrected chi connectivity index (χ0v) is 9.45. The molecule has 0 aromatic carbocycles. The Bertz CT molecular complexity index is 310. The lowest BCUT2D eigenvalue weighted by Gasteiger charge is -2.23. The van der Waals surface area contributed by atoms with Gasteiger partial charge < -0.3 is 10.6 Å². The van der Waals surface area contributed by atoms with Crippen molar-refractivity contribution in [3.05, 3.63) is 6.20 Å². The highest BCUT2D eigenvalue weighted by Gasteiger charge is 2.16. The van der Waals surface area contributed by atoms with Gasteiger partial charge in [-0.25, -0.2) is 4.68 Å². The monoisotopic (exact) mass is 208 g/mol. The standard InChI is InChI=1S/C11H20N4/c1-2-15-11(10(12)9-13-15)14-7-5-3-4-6-8-14/h9H,2-8,12H2,1H3. The Morgan fingerprint density at radius 2 is 1.93 bits per heavy atom. The Morgan fingerprint density at radius 1 is 1.27 bits per heavy atom. The van der Waals surface area contributed by atoms with Gasteiger partial charge in [-0.2, -0.15) is 5.10 Å². The van der Waals surface area contributed by atoms with Crippen molar-refractivity contribution in [2.45, 2.75) is 39.2 Å². The van der Waals surface area contributed by atoms with E-state index in [9.17, 15) is 0 Å². The first-order chi connectivity index (χ1) is 7.33. The third kappa shape index (κ3) is 2.08. The van der Waals surface area contributed by atoms with Crippen LogP contribution in [0.15, 0.2) is 6.20 Å². The van der Waals surface area contributed by atoms with Gasteiger partial charge in [0.1, 0.15) is 5.82 Å². The van der Waals surface area contributed by atoms with E-state index >= 15 is 0 Å². The highest BCUT2D eigenvalue weighted by atomic mass is 15.4. The molecule has 0 amide bonds. The molecule has 1 fully saturated rings. The van der Waals surface area contributed by atoms with Gasteiger partial charge in [-0.15, -0.1) is 0 Å². The van der Waals surface area contributed by atoms with Crippen molar-refractivity contribution in [1.29, 1.82) is 0 Å². The van der Waals surface area contributed by atoms with Gasteiger partial charge in [-0.3, -0.25) is 0 Å². The summed E-state index contributed by atoms with van der Waals surface area (Å²) >= 11 is 0. The van der Waals surface area contributed by atoms with Gasteiger partial charge in [-0.05, 0) is 19.8 Å². The van der Waals surface area contributed by atoms with Gasteiger partial charge >= 0.3 is 0 Å². The van der Waals surface area contributed by atoms with E-state index < -0.39 is 0 Å². The fourth-order valence-electron chi connectivity index (χ4n) is 2.25. The Morgan fingerprint density at radius 3 is 2.53 bits per heavy atom. The van der Waals surface area contributed by atoms with Crippen LogP contribution in [0.25, 0.3) is 0 Å². The number of hydrogen-bond donors (Lipinski definition) is 1. The quantitative estimate of drug-likeness (QED) is 0.807. The van der Waals surface area contributed by atoms with Gasteiger partial charge in [0.15, 0.2) is 0 Å². The van der Waals surface area contributed by atoms with Gasteiger partial charge in [0.25, 0.3) is 0 Å². The van der Waals surface area contributed by atoms with Crippen LogP contribution >= 0.6 is 0 Å². The van der Waals surface area contributed by atoms with Crippen molar-refractivity contribution in [3.8, 4) is 0 Å². The maximum atomic E-state index is 5.97. The number of anilines is 2. The molecule has 1 aromatic rings. The van der Waals surface area contributed by atoms with E-state index in [2.05, 4.69) is 16.9 Å². The second kappa shape index (κ2) is 4.55. The molecule has 0 atom stereocenters. The highest BCUT2D eigenvalue weighted by Crippen LogP contribution is 2.25. The van der Waals surface area contributed by atoms with Crippen molar-refractivity contribution in [1.82, 2.24) is 9.78 Å². The van der Waals surface area contributed by atoms with Crippen LogP contribution < -0.4 is 10.6 Å². The third-order valence-electron chi connectivity index (χ3n) is 3.04. The number of hydrogen-bond acceptors (Lipinski definition) is 3. The zero-order valence-electron chi connectivity index (χ0n) is 9.45. The number of nitrogen functional groups attached to an aromatic ring is 1. The largest absolute Gasteiger partial charge is 0.394 e. The minimum atomic E-state index is 0.818. The normalized spacial score (nSPS) is 17.8. The van der Waals surface area contributed by atoms with Crippen LogP contribution in [-0.4, -0.2) is 22.9 Å². The van der Waals surface area contributed by atoms with E-state index in [-0.39, 0.29) is 0 Å². The first-order valence-electron chi connectivity index (χ1n) is 5.89. The van der Waals surface area contributed by atoms with E-state index in [0.717, 1.165) is 31.1 Å². The smallest absolute Gasteiger partial charge is 0.150 e. The average Bonchev–Trinajstić information content (AvgIpc) is 2.48. The summed E-state index contributed by atoms with van der Waals surface area (Å²) in [5.74, 6) is 1.12. The Kier molecular flexibility index (Phi) is 3.14. The van der Waals surface area contributed by atoms with Crippen molar-refractivity contribution in [2.24, 2.45) is 0 Å². The van der Waals surface area contributed by atoms with Crippen LogP contribution in [0, 0.1) is 0 Å². The molecule has 1 saturated heterocycles. The van der Waals surface area contributed by atoms with Crippen LogP contribution in [0.2, 0.25) is 0 Å². The Hall–Kier alpha value is -1.19. The van der Waals surface area contributed by atoms with Crippen LogP contribution in [0.4, 0.5) is 11.5 Å². The molecule has 1 aromatic heterocycles. The van der Waals surface area contributed by atoms with Gasteiger partial charge in [-0.1, -0.05) is 12.8 Å². The maximum absolute atomic E-state index is 5.97. The molecule has 0 aliphatic carbocycles. The van der Waals surface area contributed by atoms with Crippen LogP contribution in [0.1, 0.15) is 32.6 Å². The Labute approximate surface area is 91.1 Å². The Balaban J connectivity index is 2.21. The summed E-state index contributed by atoms with van der Waals surface area (Å²) in [5.41, 5.74) is 6.79. The molecule has 84 valence electrons. The molecular formula is C11H20N4. The number of nitrogens with zero attached hydrogens (tertiary/aromatic N) is 3. The van der Waals surface area contributed by atoms with E-state index in [1.165, 1.54) is 25.7 Å². The lowest BCUT2D eigenvalue weighted by atomic mass is 10.2. The molecule has 0 radical (unpaired) electrons. The number of rotatable bonds is 2. The summed E-state index contributed by atoms with van der Waals surface area (Å²) in [6, 6.07) is 0. The second-order valence-electron chi connectivity index (χ2n) is 4.14. The molecule has 2 rings (SSSR count). The van der Waals surface area contributed by atoms with Crippen LogP contribution in [0.5, 0.6) is 0 Å². The lowest BCUT2D eigenvalue weighted by Crippen LogP contribution is -2.27. The van der Waals surface area contributed by atoms with Crippen molar-refractivity contribution in [2.75, 3.05) is 23.7 Å². The number of aryl methyl sites for hydroxylation is 1. The summed E-state index contributed by atoms with van der Waals surface area (Å²) in [4.78, 5) is 2.39. The van der Waals surface area contributed by atoms with Crippen LogP contribution in [0.3, 0.4) is 0 Å². The summed E-state index contributed by atoms with van der Waals surface area (Å²) in [6.45, 7) is 5.24. The maximum Gasteiger partial charge on any atom is 0.150 e. The summed E-state index contributed by atoms with van der Waals surface area (Å²) in [5, 5.41) is 4.29. The SMILES string of the molecule is CCn1ncc(N)c1N1CCCCCC1. The molecule has 0 saturated carbocycles. The number of nitrogens with two attached hydrogens (primary N) is 1. The molecule has 1 aliphatic rings. The molecule has 2 heterocycles. The first kappa shape index (κ1) is 10.3. The fraction of sp³-hybridized carbons (Fsp3) is 0.727. The molecule has 4 nitrogen and oxygen atoms in total. The van der Waals surface area contributed by atoms with E-state index in [1.54, 1.807) is 6.20 Å².